The van der Waals surface area contributed by atoms with Crippen LogP contribution in [0.25, 0.3) is 11.0 Å². The molecule has 2 rings (SSSR count). The Bertz CT molecular complexity index is 667. The zero-order valence-corrected chi connectivity index (χ0v) is 10.8. The lowest BCUT2D eigenvalue weighted by Gasteiger charge is -2.08. The van der Waals surface area contributed by atoms with E-state index in [2.05, 4.69) is 9.97 Å². The van der Waals surface area contributed by atoms with Gasteiger partial charge in [0.05, 0.1) is 11.0 Å². The van der Waals surface area contributed by atoms with E-state index in [1.807, 2.05) is 19.1 Å². The van der Waals surface area contributed by atoms with Crippen LogP contribution in [0.4, 0.5) is 0 Å². The molecule has 0 spiro atoms. The third-order valence-corrected chi connectivity index (χ3v) is 2.32. The van der Waals surface area contributed by atoms with Crippen molar-refractivity contribution in [2.75, 3.05) is 0 Å². The predicted molar refractivity (Wildman–Crippen MR) is 66.9 cm³/mol. The number of carbonyl (C=O) groups is 2. The van der Waals surface area contributed by atoms with Crippen molar-refractivity contribution in [3.8, 4) is 11.8 Å². The number of ether oxygens (including phenoxy) is 2. The Kier molecular flexibility index (Phi) is 3.41. The molecule has 0 saturated carbocycles. The fourth-order valence-corrected chi connectivity index (χ4v) is 1.59. The van der Waals surface area contributed by atoms with Crippen molar-refractivity contribution < 1.29 is 19.1 Å². The van der Waals surface area contributed by atoms with E-state index < -0.39 is 11.9 Å². The van der Waals surface area contributed by atoms with Crippen molar-refractivity contribution in [2.24, 2.45) is 0 Å². The van der Waals surface area contributed by atoms with Gasteiger partial charge in [0, 0.05) is 13.8 Å². The summed E-state index contributed by atoms with van der Waals surface area (Å²) in [7, 11) is 0. The summed E-state index contributed by atoms with van der Waals surface area (Å²) < 4.78 is 9.82. The highest BCUT2D eigenvalue weighted by molar-refractivity contribution is 5.81. The fraction of sp³-hybridized carbons (Fsp3) is 0.231. The molecule has 0 radical (unpaired) electrons. The maximum absolute atomic E-state index is 11.0. The molecular formula is C13H12N2O4. The maximum atomic E-state index is 11.0. The van der Waals surface area contributed by atoms with Gasteiger partial charge in [0.25, 0.3) is 11.8 Å². The van der Waals surface area contributed by atoms with Crippen LogP contribution in [-0.2, 0) is 9.59 Å². The molecule has 0 fully saturated rings. The Hall–Kier alpha value is -2.50. The van der Waals surface area contributed by atoms with Gasteiger partial charge in [0.15, 0.2) is 0 Å². The predicted octanol–water partition coefficient (Wildman–Crippen LogP) is 1.79. The number of nitrogens with zero attached hydrogens (tertiary/aromatic N) is 2. The summed E-state index contributed by atoms with van der Waals surface area (Å²) >= 11 is 0. The summed E-state index contributed by atoms with van der Waals surface area (Å²) in [5.41, 5.74) is 2.04. The van der Waals surface area contributed by atoms with E-state index >= 15 is 0 Å². The molecule has 6 nitrogen and oxygen atoms in total. The summed E-state index contributed by atoms with van der Waals surface area (Å²) in [6.07, 6.45) is 0. The molecule has 1 aromatic heterocycles. The van der Waals surface area contributed by atoms with E-state index in [9.17, 15) is 9.59 Å². The lowest BCUT2D eigenvalue weighted by Crippen LogP contribution is -2.10. The van der Waals surface area contributed by atoms with Crippen LogP contribution in [0.5, 0.6) is 11.8 Å². The van der Waals surface area contributed by atoms with Gasteiger partial charge in [0.1, 0.15) is 0 Å². The lowest BCUT2D eigenvalue weighted by molar-refractivity contribution is -0.135. The standard InChI is InChI=1S/C13H12N2O4/c1-7-5-4-6-10-11(7)15-13(19-9(3)17)12(14-10)18-8(2)16/h4-6H,1-3H3. The van der Waals surface area contributed by atoms with Crippen molar-refractivity contribution >= 4 is 23.0 Å². The minimum absolute atomic E-state index is 0.107. The average Bonchev–Trinajstić information content (AvgIpc) is 2.29. The number of para-hydroxylation sites is 1. The van der Waals surface area contributed by atoms with E-state index in [0.29, 0.717) is 11.0 Å². The minimum Gasteiger partial charge on any atom is -0.402 e. The van der Waals surface area contributed by atoms with Crippen LogP contribution in [0.3, 0.4) is 0 Å². The first-order valence-electron chi connectivity index (χ1n) is 5.61. The number of esters is 2. The number of hydrogen-bond donors (Lipinski definition) is 0. The first kappa shape index (κ1) is 12.9. The van der Waals surface area contributed by atoms with Crippen molar-refractivity contribution in [2.45, 2.75) is 20.8 Å². The topological polar surface area (TPSA) is 78.4 Å². The molecule has 0 saturated heterocycles. The van der Waals surface area contributed by atoms with Gasteiger partial charge in [-0.1, -0.05) is 12.1 Å². The number of hydrogen-bond acceptors (Lipinski definition) is 6. The fourth-order valence-electron chi connectivity index (χ4n) is 1.59. The highest BCUT2D eigenvalue weighted by Gasteiger charge is 2.16. The van der Waals surface area contributed by atoms with Crippen LogP contribution < -0.4 is 9.47 Å². The van der Waals surface area contributed by atoms with Gasteiger partial charge in [-0.15, -0.1) is 0 Å². The number of benzene rings is 1. The molecule has 6 heteroatoms. The molecule has 0 N–H and O–H groups in total. The molecule has 2 aromatic rings. The Morgan fingerprint density at radius 2 is 1.58 bits per heavy atom. The molecule has 0 atom stereocenters. The normalized spacial score (nSPS) is 10.3. The largest absolute Gasteiger partial charge is 0.402 e. The first-order valence-corrected chi connectivity index (χ1v) is 5.61. The molecule has 1 heterocycles. The van der Waals surface area contributed by atoms with E-state index in [1.165, 1.54) is 13.8 Å². The van der Waals surface area contributed by atoms with Gasteiger partial charge in [0.2, 0.25) is 0 Å². The van der Waals surface area contributed by atoms with Gasteiger partial charge in [-0.05, 0) is 18.6 Å². The van der Waals surface area contributed by atoms with E-state index in [1.54, 1.807) is 6.07 Å². The average molecular weight is 260 g/mol. The zero-order valence-electron chi connectivity index (χ0n) is 10.8. The van der Waals surface area contributed by atoms with Crippen LogP contribution in [0.15, 0.2) is 18.2 Å². The molecular weight excluding hydrogens is 248 g/mol. The van der Waals surface area contributed by atoms with Crippen LogP contribution in [0.2, 0.25) is 0 Å². The number of aromatic nitrogens is 2. The van der Waals surface area contributed by atoms with Crippen molar-refractivity contribution in [1.29, 1.82) is 0 Å². The monoisotopic (exact) mass is 260 g/mol. The zero-order chi connectivity index (χ0) is 14.0. The van der Waals surface area contributed by atoms with Crippen molar-refractivity contribution in [3.05, 3.63) is 23.8 Å². The minimum atomic E-state index is -0.560. The Morgan fingerprint density at radius 1 is 1.00 bits per heavy atom. The highest BCUT2D eigenvalue weighted by Crippen LogP contribution is 2.27. The van der Waals surface area contributed by atoms with Gasteiger partial charge in [-0.3, -0.25) is 9.59 Å². The summed E-state index contributed by atoms with van der Waals surface area (Å²) in [5, 5.41) is 0. The SMILES string of the molecule is CC(=O)Oc1nc2cccc(C)c2nc1OC(C)=O. The summed E-state index contributed by atoms with van der Waals surface area (Å²) in [4.78, 5) is 30.4. The Morgan fingerprint density at radius 3 is 2.16 bits per heavy atom. The van der Waals surface area contributed by atoms with Crippen LogP contribution in [0, 0.1) is 6.92 Å². The quantitative estimate of drug-likeness (QED) is 0.766. The number of rotatable bonds is 2. The van der Waals surface area contributed by atoms with E-state index in [-0.39, 0.29) is 11.8 Å². The molecule has 0 aliphatic rings. The number of carbonyl (C=O) groups excluding carboxylic acids is 2. The van der Waals surface area contributed by atoms with Crippen LogP contribution in [-0.4, -0.2) is 21.9 Å². The molecule has 0 bridgehead atoms. The Balaban J connectivity index is 2.62. The van der Waals surface area contributed by atoms with Gasteiger partial charge in [-0.2, -0.15) is 0 Å². The second-order valence-electron chi connectivity index (χ2n) is 3.96. The second-order valence-corrected chi connectivity index (χ2v) is 3.96. The highest BCUT2D eigenvalue weighted by atomic mass is 16.6. The van der Waals surface area contributed by atoms with Gasteiger partial charge >= 0.3 is 11.9 Å². The van der Waals surface area contributed by atoms with E-state index in [0.717, 1.165) is 5.56 Å². The molecule has 0 aliphatic heterocycles. The molecule has 0 amide bonds. The third kappa shape index (κ3) is 2.85. The molecule has 19 heavy (non-hydrogen) atoms. The number of aryl methyl sites for hydroxylation is 1. The lowest BCUT2D eigenvalue weighted by atomic mass is 10.2. The van der Waals surface area contributed by atoms with Crippen LogP contribution in [0.1, 0.15) is 19.4 Å². The maximum Gasteiger partial charge on any atom is 0.309 e. The first-order chi connectivity index (χ1) is 8.97. The molecule has 0 unspecified atom stereocenters. The number of fused-ring (bicyclic) bond motifs is 1. The van der Waals surface area contributed by atoms with E-state index in [4.69, 9.17) is 9.47 Å². The smallest absolute Gasteiger partial charge is 0.309 e. The molecule has 0 aliphatic carbocycles. The molecule has 98 valence electrons. The summed E-state index contributed by atoms with van der Waals surface area (Å²) in [5.74, 6) is -1.34. The van der Waals surface area contributed by atoms with Gasteiger partial charge in [-0.25, -0.2) is 9.97 Å². The van der Waals surface area contributed by atoms with Crippen molar-refractivity contribution in [1.82, 2.24) is 9.97 Å². The van der Waals surface area contributed by atoms with Crippen molar-refractivity contribution in [3.63, 3.8) is 0 Å². The second kappa shape index (κ2) is 5.01. The third-order valence-electron chi connectivity index (χ3n) is 2.32. The summed E-state index contributed by atoms with van der Waals surface area (Å²) in [6, 6.07) is 5.41. The summed E-state index contributed by atoms with van der Waals surface area (Å²) in [6.45, 7) is 4.33. The Labute approximate surface area is 109 Å². The molecule has 1 aromatic carbocycles. The van der Waals surface area contributed by atoms with Gasteiger partial charge < -0.3 is 9.47 Å². The van der Waals surface area contributed by atoms with Crippen LogP contribution >= 0.6 is 0 Å².